The first-order valence-electron chi connectivity index (χ1n) is 8.24. The summed E-state index contributed by atoms with van der Waals surface area (Å²) in [6, 6.07) is 17.7. The van der Waals surface area contributed by atoms with Crippen molar-refractivity contribution in [1.82, 2.24) is 9.88 Å². The first-order valence-corrected chi connectivity index (χ1v) is 8.65. The highest BCUT2D eigenvalue weighted by molar-refractivity contribution is 7.80. The molecule has 0 aliphatic heterocycles. The number of rotatable bonds is 5. The van der Waals surface area contributed by atoms with Crippen molar-refractivity contribution in [3.8, 4) is 5.88 Å². The standard InChI is InChI=1S/C19H20N4OS/c1-2-12-23-16-11-7-6-10-15(16)17(18(23)24)21-22-19(25)20-13-14-8-4-3-5-9-14/h3-11,24H,2,12-13H2,1H3,(H,20,25). The molecule has 0 radical (unpaired) electrons. The summed E-state index contributed by atoms with van der Waals surface area (Å²) in [5, 5.41) is 23.0. The molecule has 0 spiro atoms. The van der Waals surface area contributed by atoms with Gasteiger partial charge in [0.2, 0.25) is 11.0 Å². The van der Waals surface area contributed by atoms with Gasteiger partial charge in [-0.2, -0.15) is 0 Å². The van der Waals surface area contributed by atoms with Gasteiger partial charge in [0.15, 0.2) is 5.69 Å². The van der Waals surface area contributed by atoms with Gasteiger partial charge in [-0.15, -0.1) is 10.2 Å². The van der Waals surface area contributed by atoms with Gasteiger partial charge in [0, 0.05) is 18.5 Å². The molecule has 2 N–H and O–H groups in total. The zero-order chi connectivity index (χ0) is 17.6. The molecule has 6 heteroatoms. The Bertz CT molecular complexity index is 902. The van der Waals surface area contributed by atoms with E-state index in [1.54, 1.807) is 0 Å². The number of aryl methyl sites for hydroxylation is 1. The smallest absolute Gasteiger partial charge is 0.220 e. The number of benzene rings is 2. The molecule has 0 unspecified atom stereocenters. The van der Waals surface area contributed by atoms with Gasteiger partial charge in [0.05, 0.1) is 5.52 Å². The molecule has 0 bridgehead atoms. The van der Waals surface area contributed by atoms with Crippen LogP contribution in [0.25, 0.3) is 10.9 Å². The van der Waals surface area contributed by atoms with Crippen molar-refractivity contribution in [2.45, 2.75) is 26.4 Å². The van der Waals surface area contributed by atoms with Gasteiger partial charge >= 0.3 is 0 Å². The molecule has 0 aliphatic rings. The Balaban J connectivity index is 1.79. The fourth-order valence-corrected chi connectivity index (χ4v) is 2.84. The van der Waals surface area contributed by atoms with E-state index in [2.05, 4.69) is 22.5 Å². The maximum Gasteiger partial charge on any atom is 0.220 e. The van der Waals surface area contributed by atoms with Crippen LogP contribution in [0, 0.1) is 0 Å². The van der Waals surface area contributed by atoms with Crippen LogP contribution in [0.3, 0.4) is 0 Å². The monoisotopic (exact) mass is 352 g/mol. The van der Waals surface area contributed by atoms with Crippen molar-refractivity contribution in [3.63, 3.8) is 0 Å². The van der Waals surface area contributed by atoms with Crippen LogP contribution >= 0.6 is 12.2 Å². The minimum absolute atomic E-state index is 0.123. The predicted octanol–water partition coefficient (Wildman–Crippen LogP) is 4.92. The molecule has 3 rings (SSSR count). The molecule has 0 saturated heterocycles. The zero-order valence-corrected chi connectivity index (χ0v) is 14.8. The molecule has 0 saturated carbocycles. The average Bonchev–Trinajstić information content (AvgIpc) is 2.91. The lowest BCUT2D eigenvalue weighted by Crippen LogP contribution is -2.18. The van der Waals surface area contributed by atoms with E-state index >= 15 is 0 Å². The van der Waals surface area contributed by atoms with E-state index in [9.17, 15) is 5.11 Å². The first kappa shape index (κ1) is 17.1. The van der Waals surface area contributed by atoms with Crippen LogP contribution in [0.4, 0.5) is 5.69 Å². The highest BCUT2D eigenvalue weighted by Gasteiger charge is 2.15. The molecular weight excluding hydrogens is 332 g/mol. The first-order chi connectivity index (χ1) is 12.2. The van der Waals surface area contributed by atoms with Gasteiger partial charge in [-0.25, -0.2) is 0 Å². The number of para-hydroxylation sites is 1. The van der Waals surface area contributed by atoms with Crippen LogP contribution in [0.2, 0.25) is 0 Å². The van der Waals surface area contributed by atoms with Crippen LogP contribution in [-0.4, -0.2) is 14.8 Å². The number of thiocarbonyl (C=S) groups is 1. The second-order valence-electron chi connectivity index (χ2n) is 5.69. The highest BCUT2D eigenvalue weighted by atomic mass is 32.1. The second kappa shape index (κ2) is 7.90. The van der Waals surface area contributed by atoms with Crippen LogP contribution < -0.4 is 5.32 Å². The Morgan fingerprint density at radius 2 is 1.84 bits per heavy atom. The molecule has 3 aromatic rings. The summed E-state index contributed by atoms with van der Waals surface area (Å²) in [4.78, 5) is 0. The van der Waals surface area contributed by atoms with Crippen molar-refractivity contribution in [2.24, 2.45) is 10.2 Å². The van der Waals surface area contributed by atoms with Gasteiger partial charge in [0.25, 0.3) is 0 Å². The van der Waals surface area contributed by atoms with Crippen molar-refractivity contribution >= 4 is 33.9 Å². The quantitative estimate of drug-likeness (QED) is 0.506. The number of aromatic hydroxyl groups is 1. The molecule has 1 heterocycles. The topological polar surface area (TPSA) is 61.9 Å². The summed E-state index contributed by atoms with van der Waals surface area (Å²) in [6.07, 6.45) is 0.917. The van der Waals surface area contributed by atoms with E-state index in [4.69, 9.17) is 12.2 Å². The normalized spacial score (nSPS) is 11.2. The minimum Gasteiger partial charge on any atom is -0.493 e. The van der Waals surface area contributed by atoms with E-state index in [0.29, 0.717) is 12.2 Å². The molecule has 1 aromatic heterocycles. The van der Waals surface area contributed by atoms with Crippen LogP contribution in [-0.2, 0) is 13.1 Å². The van der Waals surface area contributed by atoms with Gasteiger partial charge in [-0.1, -0.05) is 55.5 Å². The number of nitrogens with one attached hydrogen (secondary N) is 1. The zero-order valence-electron chi connectivity index (χ0n) is 14.0. The summed E-state index contributed by atoms with van der Waals surface area (Å²) >= 11 is 5.22. The van der Waals surface area contributed by atoms with E-state index in [0.717, 1.165) is 29.4 Å². The summed E-state index contributed by atoms with van der Waals surface area (Å²) in [5.41, 5.74) is 2.51. The minimum atomic E-state index is 0.123. The van der Waals surface area contributed by atoms with E-state index in [1.165, 1.54) is 0 Å². The van der Waals surface area contributed by atoms with Gasteiger partial charge < -0.3 is 15.0 Å². The van der Waals surface area contributed by atoms with Gasteiger partial charge in [0.1, 0.15) is 0 Å². The lowest BCUT2D eigenvalue weighted by molar-refractivity contribution is 0.421. The Kier molecular flexibility index (Phi) is 5.40. The molecule has 0 aliphatic carbocycles. The maximum atomic E-state index is 10.5. The maximum absolute atomic E-state index is 10.5. The fraction of sp³-hybridized carbons (Fsp3) is 0.211. The van der Waals surface area contributed by atoms with E-state index in [-0.39, 0.29) is 11.0 Å². The number of fused-ring (bicyclic) bond motifs is 1. The summed E-state index contributed by atoms with van der Waals surface area (Å²) in [6.45, 7) is 3.37. The largest absolute Gasteiger partial charge is 0.493 e. The van der Waals surface area contributed by atoms with E-state index < -0.39 is 0 Å². The third kappa shape index (κ3) is 3.85. The number of azo groups is 1. The molecule has 0 fully saturated rings. The van der Waals surface area contributed by atoms with Crippen molar-refractivity contribution in [1.29, 1.82) is 0 Å². The van der Waals surface area contributed by atoms with Crippen LogP contribution in [0.1, 0.15) is 18.9 Å². The third-order valence-electron chi connectivity index (χ3n) is 3.89. The molecular formula is C19H20N4OS. The van der Waals surface area contributed by atoms with Crippen LogP contribution in [0.5, 0.6) is 5.88 Å². The summed E-state index contributed by atoms with van der Waals surface area (Å²) in [5.74, 6) is 0.123. The lowest BCUT2D eigenvalue weighted by atomic mass is 10.2. The fourth-order valence-electron chi connectivity index (χ4n) is 2.72. The summed E-state index contributed by atoms with van der Waals surface area (Å²) in [7, 11) is 0. The lowest BCUT2D eigenvalue weighted by Gasteiger charge is -2.04. The number of aromatic nitrogens is 1. The Morgan fingerprint density at radius 3 is 2.60 bits per heavy atom. The molecule has 0 amide bonds. The van der Waals surface area contributed by atoms with Crippen molar-refractivity contribution in [3.05, 3.63) is 60.2 Å². The van der Waals surface area contributed by atoms with Crippen LogP contribution in [0.15, 0.2) is 64.8 Å². The van der Waals surface area contributed by atoms with Gasteiger partial charge in [-0.05, 0) is 30.3 Å². The summed E-state index contributed by atoms with van der Waals surface area (Å²) < 4.78 is 1.85. The third-order valence-corrected chi connectivity index (χ3v) is 4.12. The molecule has 2 aromatic carbocycles. The van der Waals surface area contributed by atoms with Crippen molar-refractivity contribution in [2.75, 3.05) is 0 Å². The Labute approximate surface area is 152 Å². The predicted molar refractivity (Wildman–Crippen MR) is 104 cm³/mol. The van der Waals surface area contributed by atoms with Gasteiger partial charge in [-0.3, -0.25) is 0 Å². The number of nitrogens with zero attached hydrogens (tertiary/aromatic N) is 3. The Morgan fingerprint density at radius 1 is 1.12 bits per heavy atom. The average molecular weight is 352 g/mol. The number of hydrogen-bond acceptors (Lipinski definition) is 3. The van der Waals surface area contributed by atoms with Crippen molar-refractivity contribution < 1.29 is 5.11 Å². The highest BCUT2D eigenvalue weighted by Crippen LogP contribution is 2.38. The number of hydrogen-bond donors (Lipinski definition) is 2. The molecule has 25 heavy (non-hydrogen) atoms. The molecule has 128 valence electrons. The molecule has 5 nitrogen and oxygen atoms in total. The SMILES string of the molecule is CCCn1c(O)c(N=NC(=S)NCc2ccccc2)c2ccccc21. The Hall–Kier alpha value is -2.73. The van der Waals surface area contributed by atoms with E-state index in [1.807, 2.05) is 59.2 Å². The second-order valence-corrected chi connectivity index (χ2v) is 6.07. The molecule has 0 atom stereocenters.